The zero-order valence-corrected chi connectivity index (χ0v) is 24.0. The van der Waals surface area contributed by atoms with Gasteiger partial charge in [-0.05, 0) is 56.3 Å². The molecule has 0 saturated carbocycles. The molecule has 0 aliphatic heterocycles. The fourth-order valence-electron chi connectivity index (χ4n) is 4.82. The van der Waals surface area contributed by atoms with Crippen molar-refractivity contribution >= 4 is 22.6 Å². The molecule has 5 rings (SSSR count). The Morgan fingerprint density at radius 3 is 2.58 bits per heavy atom. The lowest BCUT2D eigenvalue weighted by atomic mass is 10.2. The monoisotopic (exact) mass is 585 g/mol. The van der Waals surface area contributed by atoms with Crippen LogP contribution in [0.5, 0.6) is 17.2 Å². The molecule has 2 heterocycles. The Hall–Kier alpha value is -5.16. The summed E-state index contributed by atoms with van der Waals surface area (Å²) in [6.07, 6.45) is 1.06. The Labute approximate surface area is 247 Å². The summed E-state index contributed by atoms with van der Waals surface area (Å²) in [5.74, 6) is 0.0553. The first-order valence-corrected chi connectivity index (χ1v) is 13.7. The third-order valence-electron chi connectivity index (χ3n) is 6.98. The van der Waals surface area contributed by atoms with E-state index in [1.54, 1.807) is 53.9 Å². The number of nitrogens with one attached hydrogen (secondary N) is 1. The van der Waals surface area contributed by atoms with Gasteiger partial charge in [0.25, 0.3) is 5.56 Å². The molecule has 222 valence electrons. The number of para-hydroxylation sites is 1. The minimum atomic E-state index is -0.574. The van der Waals surface area contributed by atoms with Crippen molar-refractivity contribution in [1.29, 1.82) is 0 Å². The van der Waals surface area contributed by atoms with Crippen molar-refractivity contribution in [3.8, 4) is 22.9 Å². The molecule has 0 aliphatic rings. The molecule has 1 unspecified atom stereocenters. The highest BCUT2D eigenvalue weighted by atomic mass is 19.1. The lowest BCUT2D eigenvalue weighted by Gasteiger charge is -2.18. The molecule has 1 atom stereocenters. The van der Waals surface area contributed by atoms with E-state index in [-0.39, 0.29) is 30.9 Å². The van der Waals surface area contributed by atoms with Gasteiger partial charge in [-0.3, -0.25) is 19.3 Å². The first-order valence-electron chi connectivity index (χ1n) is 13.7. The summed E-state index contributed by atoms with van der Waals surface area (Å²) in [4.78, 5) is 29.7. The third-order valence-corrected chi connectivity index (χ3v) is 6.98. The Bertz CT molecular complexity index is 1820. The van der Waals surface area contributed by atoms with Gasteiger partial charge in [0.15, 0.2) is 11.6 Å². The van der Waals surface area contributed by atoms with E-state index in [0.29, 0.717) is 45.0 Å². The predicted molar refractivity (Wildman–Crippen MR) is 161 cm³/mol. The number of ether oxygens (including phenoxy) is 3. The molecule has 0 saturated heterocycles. The van der Waals surface area contributed by atoms with Crippen molar-refractivity contribution in [3.63, 3.8) is 0 Å². The van der Waals surface area contributed by atoms with Crippen molar-refractivity contribution in [3.05, 3.63) is 106 Å². The van der Waals surface area contributed by atoms with E-state index in [9.17, 15) is 9.59 Å². The van der Waals surface area contributed by atoms with Crippen molar-refractivity contribution in [2.45, 2.75) is 33.0 Å². The second-order valence-corrected chi connectivity index (χ2v) is 9.90. The largest absolute Gasteiger partial charge is 0.497 e. The maximum atomic E-state index is 15.2. The molecule has 11 heteroatoms. The molecule has 3 N–H and O–H groups in total. The molecule has 0 aliphatic carbocycles. The Morgan fingerprint density at radius 2 is 1.86 bits per heavy atom. The maximum Gasteiger partial charge on any atom is 0.320 e. The molecular formula is C32H32FN5O5. The van der Waals surface area contributed by atoms with Crippen molar-refractivity contribution in [2.75, 3.05) is 19.0 Å². The standard InChI is InChI=1S/C32H32FN5O5/c1-20(42-31(39)17-34)19-37-21(2)26(32(40)38(37)23-7-5-4-6-8-23)18-36-22-9-12-30(27(33)15-22)43-29-13-14-35-28-16-24(41-3)10-11-25(28)29/h4-16,20,36H,17-19,34H2,1-3H3. The molecule has 0 spiro atoms. The first-order chi connectivity index (χ1) is 20.8. The molecule has 0 bridgehead atoms. The van der Waals surface area contributed by atoms with Gasteiger partial charge < -0.3 is 25.3 Å². The van der Waals surface area contributed by atoms with E-state index >= 15 is 4.39 Å². The minimum absolute atomic E-state index is 0.0450. The highest BCUT2D eigenvalue weighted by Crippen LogP contribution is 2.33. The van der Waals surface area contributed by atoms with Gasteiger partial charge in [0, 0.05) is 41.6 Å². The van der Waals surface area contributed by atoms with Gasteiger partial charge in [-0.2, -0.15) is 0 Å². The lowest BCUT2D eigenvalue weighted by molar-refractivity contribution is -0.147. The average Bonchev–Trinajstić information content (AvgIpc) is 3.24. The molecule has 5 aromatic rings. The molecule has 3 aromatic carbocycles. The second kappa shape index (κ2) is 12.8. The molecular weight excluding hydrogens is 553 g/mol. The van der Waals surface area contributed by atoms with Crippen LogP contribution in [-0.2, 0) is 22.6 Å². The van der Waals surface area contributed by atoms with Crippen molar-refractivity contribution in [2.24, 2.45) is 5.73 Å². The molecule has 0 amide bonds. The van der Waals surface area contributed by atoms with Crippen LogP contribution in [0.3, 0.4) is 0 Å². The summed E-state index contributed by atoms with van der Waals surface area (Å²) in [6.45, 7) is 3.70. The van der Waals surface area contributed by atoms with E-state index in [0.717, 1.165) is 0 Å². The molecule has 0 radical (unpaired) electrons. The third kappa shape index (κ3) is 6.36. The molecule has 0 fully saturated rings. The van der Waals surface area contributed by atoms with Crippen LogP contribution in [0, 0.1) is 12.7 Å². The number of hydrogen-bond donors (Lipinski definition) is 2. The van der Waals surface area contributed by atoms with Gasteiger partial charge in [-0.15, -0.1) is 0 Å². The van der Waals surface area contributed by atoms with Crippen LogP contribution in [0.15, 0.2) is 83.8 Å². The smallest absolute Gasteiger partial charge is 0.320 e. The van der Waals surface area contributed by atoms with E-state index < -0.39 is 17.9 Å². The normalized spacial score (nSPS) is 11.7. The van der Waals surface area contributed by atoms with Crippen LogP contribution >= 0.6 is 0 Å². The number of esters is 1. The number of pyridine rings is 1. The van der Waals surface area contributed by atoms with Crippen LogP contribution in [0.1, 0.15) is 18.2 Å². The Morgan fingerprint density at radius 1 is 1.07 bits per heavy atom. The number of hydrogen-bond acceptors (Lipinski definition) is 8. The molecule has 10 nitrogen and oxygen atoms in total. The number of aromatic nitrogens is 3. The number of benzene rings is 3. The SMILES string of the molecule is COc1ccc2c(Oc3ccc(NCc4c(C)n(CC(C)OC(=O)CN)n(-c5ccccc5)c4=O)cc3F)ccnc2c1. The van der Waals surface area contributed by atoms with Gasteiger partial charge in [-0.25, -0.2) is 9.07 Å². The minimum Gasteiger partial charge on any atom is -0.497 e. The van der Waals surface area contributed by atoms with E-state index in [2.05, 4.69) is 10.3 Å². The summed E-state index contributed by atoms with van der Waals surface area (Å²) >= 11 is 0. The number of rotatable bonds is 11. The first kappa shape index (κ1) is 29.3. The van der Waals surface area contributed by atoms with Crippen LogP contribution in [0.4, 0.5) is 10.1 Å². The van der Waals surface area contributed by atoms with Gasteiger partial charge in [-0.1, -0.05) is 18.2 Å². The zero-order valence-electron chi connectivity index (χ0n) is 24.0. The van der Waals surface area contributed by atoms with E-state index in [4.69, 9.17) is 19.9 Å². The Kier molecular flexibility index (Phi) is 8.72. The summed E-state index contributed by atoms with van der Waals surface area (Å²) in [5.41, 5.74) is 8.11. The van der Waals surface area contributed by atoms with Gasteiger partial charge in [0.05, 0.1) is 37.0 Å². The topological polar surface area (TPSA) is 123 Å². The quantitative estimate of drug-likeness (QED) is 0.209. The highest BCUT2D eigenvalue weighted by molar-refractivity contribution is 5.86. The van der Waals surface area contributed by atoms with Crippen molar-refractivity contribution < 1.29 is 23.4 Å². The van der Waals surface area contributed by atoms with E-state index in [1.807, 2.05) is 43.3 Å². The maximum absolute atomic E-state index is 15.2. The number of anilines is 1. The number of carbonyl (C=O) groups is 1. The summed E-state index contributed by atoms with van der Waals surface area (Å²) in [5, 5.41) is 3.87. The fraction of sp³-hybridized carbons (Fsp3) is 0.219. The van der Waals surface area contributed by atoms with Crippen molar-refractivity contribution in [1.82, 2.24) is 14.3 Å². The second-order valence-electron chi connectivity index (χ2n) is 9.90. The summed E-state index contributed by atoms with van der Waals surface area (Å²) in [6, 6.07) is 20.7. The zero-order chi connectivity index (χ0) is 30.5. The van der Waals surface area contributed by atoms with Crippen LogP contribution in [-0.4, -0.2) is 40.1 Å². The highest BCUT2D eigenvalue weighted by Gasteiger charge is 2.21. The van der Waals surface area contributed by atoms with Gasteiger partial charge in [0.1, 0.15) is 17.6 Å². The summed E-state index contributed by atoms with van der Waals surface area (Å²) < 4.78 is 35.0. The number of carbonyl (C=O) groups excluding carboxylic acids is 1. The van der Waals surface area contributed by atoms with Gasteiger partial charge in [0.2, 0.25) is 0 Å². The van der Waals surface area contributed by atoms with Crippen LogP contribution in [0.25, 0.3) is 16.6 Å². The average molecular weight is 586 g/mol. The van der Waals surface area contributed by atoms with E-state index in [1.165, 1.54) is 12.1 Å². The van der Waals surface area contributed by atoms with Crippen LogP contribution in [0.2, 0.25) is 0 Å². The van der Waals surface area contributed by atoms with Gasteiger partial charge >= 0.3 is 5.97 Å². The Balaban J connectivity index is 1.37. The molecule has 2 aromatic heterocycles. The number of fused-ring (bicyclic) bond motifs is 1. The number of nitrogens with two attached hydrogens (primary N) is 1. The number of nitrogens with zero attached hydrogens (tertiary/aromatic N) is 3. The number of methoxy groups -OCH3 is 1. The predicted octanol–water partition coefficient (Wildman–Crippen LogP) is 4.94. The fourth-order valence-corrected chi connectivity index (χ4v) is 4.82. The molecule has 43 heavy (non-hydrogen) atoms. The lowest BCUT2D eigenvalue weighted by Crippen LogP contribution is -2.30. The number of halogens is 1. The summed E-state index contributed by atoms with van der Waals surface area (Å²) in [7, 11) is 1.58. The van der Waals surface area contributed by atoms with Crippen LogP contribution < -0.4 is 26.1 Å².